The summed E-state index contributed by atoms with van der Waals surface area (Å²) in [7, 11) is 0. The lowest BCUT2D eigenvalue weighted by atomic mass is 10.0. The second kappa shape index (κ2) is 9.80. The van der Waals surface area contributed by atoms with Crippen LogP contribution in [-0.4, -0.2) is 36.6 Å². The summed E-state index contributed by atoms with van der Waals surface area (Å²) in [6.45, 7) is 10.9. The molecule has 1 rings (SSSR count). The summed E-state index contributed by atoms with van der Waals surface area (Å²) in [6, 6.07) is 1.49. The van der Waals surface area contributed by atoms with Crippen LogP contribution in [0.1, 0.15) is 72.1 Å². The van der Waals surface area contributed by atoms with Crippen molar-refractivity contribution in [2.24, 2.45) is 0 Å². The molecule has 0 amide bonds. The van der Waals surface area contributed by atoms with Crippen molar-refractivity contribution in [1.29, 1.82) is 0 Å². The van der Waals surface area contributed by atoms with Gasteiger partial charge in [-0.1, -0.05) is 39.5 Å². The molecular formula is C16H34N2. The van der Waals surface area contributed by atoms with Gasteiger partial charge in [0.1, 0.15) is 0 Å². The lowest BCUT2D eigenvalue weighted by Gasteiger charge is -2.34. The Morgan fingerprint density at radius 3 is 2.33 bits per heavy atom. The molecule has 0 aliphatic carbocycles. The first-order valence-electron chi connectivity index (χ1n) is 8.24. The molecule has 0 aromatic carbocycles. The van der Waals surface area contributed by atoms with Crippen molar-refractivity contribution in [3.8, 4) is 0 Å². The van der Waals surface area contributed by atoms with E-state index < -0.39 is 0 Å². The van der Waals surface area contributed by atoms with Gasteiger partial charge in [0.25, 0.3) is 0 Å². The number of piperidine rings is 1. The maximum absolute atomic E-state index is 3.83. The molecule has 1 aliphatic heterocycles. The van der Waals surface area contributed by atoms with Gasteiger partial charge < -0.3 is 10.2 Å². The number of nitrogens with zero attached hydrogens (tertiary/aromatic N) is 1. The van der Waals surface area contributed by atoms with Gasteiger partial charge in [0.05, 0.1) is 0 Å². The zero-order valence-electron chi connectivity index (χ0n) is 12.9. The van der Waals surface area contributed by atoms with E-state index in [1.165, 1.54) is 71.0 Å². The Bertz CT molecular complexity index is 186. The molecule has 1 aliphatic rings. The molecule has 108 valence electrons. The first-order valence-corrected chi connectivity index (χ1v) is 8.24. The quantitative estimate of drug-likeness (QED) is 0.629. The minimum Gasteiger partial charge on any atom is -0.311 e. The molecule has 18 heavy (non-hydrogen) atoms. The number of rotatable bonds is 9. The Kier molecular flexibility index (Phi) is 8.70. The van der Waals surface area contributed by atoms with E-state index in [0.717, 1.165) is 6.04 Å². The fraction of sp³-hybridized carbons (Fsp3) is 1.00. The van der Waals surface area contributed by atoms with E-state index >= 15 is 0 Å². The van der Waals surface area contributed by atoms with Crippen molar-refractivity contribution in [2.75, 3.05) is 19.6 Å². The van der Waals surface area contributed by atoms with Crippen LogP contribution in [0.2, 0.25) is 0 Å². The predicted molar refractivity (Wildman–Crippen MR) is 81.1 cm³/mol. The van der Waals surface area contributed by atoms with E-state index in [-0.39, 0.29) is 0 Å². The fourth-order valence-corrected chi connectivity index (χ4v) is 2.89. The molecule has 1 N–H and O–H groups in total. The lowest BCUT2D eigenvalue weighted by Crippen LogP contribution is -2.45. The first-order chi connectivity index (χ1) is 8.76. The summed E-state index contributed by atoms with van der Waals surface area (Å²) in [5.74, 6) is 0. The van der Waals surface area contributed by atoms with E-state index in [2.05, 4.69) is 31.0 Å². The highest BCUT2D eigenvalue weighted by atomic mass is 15.1. The van der Waals surface area contributed by atoms with Gasteiger partial charge >= 0.3 is 0 Å². The van der Waals surface area contributed by atoms with Crippen molar-refractivity contribution in [3.05, 3.63) is 0 Å². The van der Waals surface area contributed by atoms with E-state index in [0.29, 0.717) is 6.04 Å². The summed E-state index contributed by atoms with van der Waals surface area (Å²) >= 11 is 0. The van der Waals surface area contributed by atoms with Gasteiger partial charge in [-0.2, -0.15) is 0 Å². The Labute approximate surface area is 115 Å². The van der Waals surface area contributed by atoms with Crippen LogP contribution >= 0.6 is 0 Å². The van der Waals surface area contributed by atoms with Gasteiger partial charge in [-0.15, -0.1) is 0 Å². The molecule has 2 heteroatoms. The van der Waals surface area contributed by atoms with Gasteiger partial charge in [0.2, 0.25) is 0 Å². The topological polar surface area (TPSA) is 15.3 Å². The van der Waals surface area contributed by atoms with E-state index in [9.17, 15) is 0 Å². The summed E-state index contributed by atoms with van der Waals surface area (Å²) in [4.78, 5) is 2.64. The summed E-state index contributed by atoms with van der Waals surface area (Å²) < 4.78 is 0. The highest BCUT2D eigenvalue weighted by molar-refractivity contribution is 4.79. The third-order valence-corrected chi connectivity index (χ3v) is 4.18. The zero-order valence-corrected chi connectivity index (χ0v) is 12.9. The van der Waals surface area contributed by atoms with Crippen LogP contribution in [0.4, 0.5) is 0 Å². The molecule has 0 bridgehead atoms. The van der Waals surface area contributed by atoms with Crippen molar-refractivity contribution >= 4 is 0 Å². The Balaban J connectivity index is 2.07. The normalized spacial score (nSPS) is 20.2. The Morgan fingerprint density at radius 1 is 1.06 bits per heavy atom. The molecule has 1 unspecified atom stereocenters. The molecule has 0 spiro atoms. The number of likely N-dealkylation sites (tertiary alicyclic amines) is 1. The van der Waals surface area contributed by atoms with E-state index in [1.54, 1.807) is 0 Å². The SMILES string of the molecule is CCCCCC(C)NC1CCN(CCCC)CC1. The Morgan fingerprint density at radius 2 is 1.72 bits per heavy atom. The van der Waals surface area contributed by atoms with Crippen molar-refractivity contribution in [2.45, 2.75) is 84.2 Å². The summed E-state index contributed by atoms with van der Waals surface area (Å²) in [6.07, 6.45) is 10.9. The van der Waals surface area contributed by atoms with Crippen molar-refractivity contribution < 1.29 is 0 Å². The number of hydrogen-bond acceptors (Lipinski definition) is 2. The molecule has 1 saturated heterocycles. The molecule has 1 heterocycles. The van der Waals surface area contributed by atoms with Crippen molar-refractivity contribution in [3.63, 3.8) is 0 Å². The van der Waals surface area contributed by atoms with Gasteiger partial charge in [0, 0.05) is 12.1 Å². The third kappa shape index (κ3) is 6.75. The minimum atomic E-state index is 0.712. The van der Waals surface area contributed by atoms with Crippen molar-refractivity contribution in [1.82, 2.24) is 10.2 Å². The third-order valence-electron chi connectivity index (χ3n) is 4.18. The van der Waals surface area contributed by atoms with Crippen LogP contribution in [0, 0.1) is 0 Å². The number of nitrogens with one attached hydrogen (secondary N) is 1. The molecule has 0 radical (unpaired) electrons. The second-order valence-electron chi connectivity index (χ2n) is 6.03. The monoisotopic (exact) mass is 254 g/mol. The van der Waals surface area contributed by atoms with Crippen LogP contribution in [0.15, 0.2) is 0 Å². The van der Waals surface area contributed by atoms with E-state index in [1.807, 2.05) is 0 Å². The largest absolute Gasteiger partial charge is 0.311 e. The Hall–Kier alpha value is -0.0800. The smallest absolute Gasteiger partial charge is 0.00938 e. The zero-order chi connectivity index (χ0) is 13.2. The number of unbranched alkanes of at least 4 members (excludes halogenated alkanes) is 3. The second-order valence-corrected chi connectivity index (χ2v) is 6.03. The molecule has 0 aromatic rings. The minimum absolute atomic E-state index is 0.712. The van der Waals surface area contributed by atoms with Gasteiger partial charge in [0.15, 0.2) is 0 Å². The molecular weight excluding hydrogens is 220 g/mol. The molecule has 2 nitrogen and oxygen atoms in total. The fourth-order valence-electron chi connectivity index (χ4n) is 2.89. The van der Waals surface area contributed by atoms with Crippen LogP contribution in [-0.2, 0) is 0 Å². The van der Waals surface area contributed by atoms with Crippen LogP contribution in [0.5, 0.6) is 0 Å². The van der Waals surface area contributed by atoms with Crippen LogP contribution < -0.4 is 5.32 Å². The highest BCUT2D eigenvalue weighted by Gasteiger charge is 2.19. The van der Waals surface area contributed by atoms with Gasteiger partial charge in [-0.3, -0.25) is 0 Å². The van der Waals surface area contributed by atoms with Gasteiger partial charge in [-0.05, 0) is 52.2 Å². The first kappa shape index (κ1) is 16.0. The number of hydrogen-bond donors (Lipinski definition) is 1. The maximum Gasteiger partial charge on any atom is 0.00938 e. The summed E-state index contributed by atoms with van der Waals surface area (Å²) in [5.41, 5.74) is 0. The molecule has 0 aromatic heterocycles. The highest BCUT2D eigenvalue weighted by Crippen LogP contribution is 2.13. The molecule has 0 saturated carbocycles. The van der Waals surface area contributed by atoms with Gasteiger partial charge in [-0.25, -0.2) is 0 Å². The average Bonchev–Trinajstić information content (AvgIpc) is 2.38. The standard InChI is InChI=1S/C16H34N2/c1-4-6-8-9-15(3)17-16-10-13-18(14-11-16)12-7-5-2/h15-17H,4-14H2,1-3H3. The molecule has 1 fully saturated rings. The van der Waals surface area contributed by atoms with E-state index in [4.69, 9.17) is 0 Å². The predicted octanol–water partition coefficient (Wildman–Crippen LogP) is 3.81. The van der Waals surface area contributed by atoms with Crippen LogP contribution in [0.25, 0.3) is 0 Å². The maximum atomic E-state index is 3.83. The lowest BCUT2D eigenvalue weighted by molar-refractivity contribution is 0.188. The average molecular weight is 254 g/mol. The van der Waals surface area contributed by atoms with Crippen LogP contribution in [0.3, 0.4) is 0 Å². The summed E-state index contributed by atoms with van der Waals surface area (Å²) in [5, 5.41) is 3.83. The molecule has 1 atom stereocenters.